The van der Waals surface area contributed by atoms with E-state index in [1.165, 1.54) is 29.5 Å². The lowest BCUT2D eigenvalue weighted by molar-refractivity contribution is 0.0958. The average molecular weight is 432 g/mol. The number of nitrogens with one attached hydrogen (secondary N) is 3. The summed E-state index contributed by atoms with van der Waals surface area (Å²) >= 11 is 6.97. The number of benzene rings is 1. The summed E-state index contributed by atoms with van der Waals surface area (Å²) in [7, 11) is 0. The molecule has 9 heteroatoms. The first-order valence-corrected chi connectivity index (χ1v) is 10.2. The molecular weight excluding hydrogens is 413 g/mol. The molecule has 0 radical (unpaired) electrons. The van der Waals surface area contributed by atoms with Crippen molar-refractivity contribution in [2.45, 2.75) is 6.54 Å². The Kier molecular flexibility index (Phi) is 7.54. The van der Waals surface area contributed by atoms with Crippen LogP contribution in [0.3, 0.4) is 0 Å². The highest BCUT2D eigenvalue weighted by Crippen LogP contribution is 2.23. The van der Waals surface area contributed by atoms with Gasteiger partial charge in [0, 0.05) is 35.3 Å². The van der Waals surface area contributed by atoms with Gasteiger partial charge < -0.3 is 16.0 Å². The van der Waals surface area contributed by atoms with E-state index in [-0.39, 0.29) is 11.6 Å². The standard InChI is InChI=1S/C20H19ClFN5OS/c21-8-2-4-10-24-19(28)14-6-7-16(22)17(11-14)25-12-15-13-26-20(29-15)27-18-5-1-3-9-23-18/h1-7,9,11,13,25H,8,10,12H2,(H,24,28)(H,23,26,27). The molecular formula is C20H19ClFN5OS. The van der Waals surface area contributed by atoms with Crippen LogP contribution < -0.4 is 16.0 Å². The maximum Gasteiger partial charge on any atom is 0.251 e. The summed E-state index contributed by atoms with van der Waals surface area (Å²) in [5, 5.41) is 9.55. The van der Waals surface area contributed by atoms with Crippen LogP contribution in [0, 0.1) is 5.82 Å². The van der Waals surface area contributed by atoms with Gasteiger partial charge in [-0.2, -0.15) is 0 Å². The van der Waals surface area contributed by atoms with E-state index in [4.69, 9.17) is 11.6 Å². The number of hydrogen-bond donors (Lipinski definition) is 3. The van der Waals surface area contributed by atoms with Crippen molar-refractivity contribution in [2.75, 3.05) is 23.1 Å². The van der Waals surface area contributed by atoms with Crippen LogP contribution in [0.15, 0.2) is 60.9 Å². The Morgan fingerprint density at radius 1 is 1.21 bits per heavy atom. The van der Waals surface area contributed by atoms with Crippen molar-refractivity contribution in [3.05, 3.63) is 77.2 Å². The Hall–Kier alpha value is -2.97. The van der Waals surface area contributed by atoms with Gasteiger partial charge in [-0.3, -0.25) is 4.79 Å². The molecule has 0 fully saturated rings. The Labute approximate surface area is 176 Å². The number of amides is 1. The first kappa shape index (κ1) is 20.8. The van der Waals surface area contributed by atoms with Crippen LogP contribution in [0.1, 0.15) is 15.2 Å². The van der Waals surface area contributed by atoms with Gasteiger partial charge in [0.05, 0.1) is 12.2 Å². The minimum atomic E-state index is -0.431. The highest BCUT2D eigenvalue weighted by molar-refractivity contribution is 7.15. The molecule has 3 aromatic rings. The normalized spacial score (nSPS) is 10.8. The second kappa shape index (κ2) is 10.5. The fourth-order valence-electron chi connectivity index (χ4n) is 2.38. The van der Waals surface area contributed by atoms with E-state index in [1.54, 1.807) is 24.5 Å². The third-order valence-electron chi connectivity index (χ3n) is 3.77. The summed E-state index contributed by atoms with van der Waals surface area (Å²) < 4.78 is 14.1. The lowest BCUT2D eigenvalue weighted by atomic mass is 10.1. The highest BCUT2D eigenvalue weighted by atomic mass is 35.5. The van der Waals surface area contributed by atoms with E-state index in [0.717, 1.165) is 4.88 Å². The van der Waals surface area contributed by atoms with Crippen molar-refractivity contribution in [2.24, 2.45) is 0 Å². The molecule has 2 heterocycles. The van der Waals surface area contributed by atoms with Crippen LogP contribution in [0.4, 0.5) is 21.0 Å². The Morgan fingerprint density at radius 3 is 2.90 bits per heavy atom. The van der Waals surface area contributed by atoms with Crippen molar-refractivity contribution in [1.29, 1.82) is 0 Å². The maximum atomic E-state index is 14.1. The van der Waals surface area contributed by atoms with Gasteiger partial charge in [0.25, 0.3) is 5.91 Å². The second-order valence-corrected chi connectivity index (χ2v) is 7.28. The molecule has 0 spiro atoms. The SMILES string of the molecule is O=C(NCC=CCCl)c1ccc(F)c(NCc2cnc(Nc3ccccn3)s2)c1. The number of pyridine rings is 1. The van der Waals surface area contributed by atoms with Crippen molar-refractivity contribution in [3.8, 4) is 0 Å². The fourth-order valence-corrected chi connectivity index (χ4v) is 3.26. The van der Waals surface area contributed by atoms with Crippen LogP contribution in [0.5, 0.6) is 0 Å². The lowest BCUT2D eigenvalue weighted by Crippen LogP contribution is -2.23. The number of thiazole rings is 1. The van der Waals surface area contributed by atoms with E-state index in [2.05, 4.69) is 25.9 Å². The quantitative estimate of drug-likeness (QED) is 0.342. The van der Waals surface area contributed by atoms with Crippen LogP contribution in [0.2, 0.25) is 0 Å². The zero-order chi connectivity index (χ0) is 20.5. The molecule has 1 amide bonds. The minimum absolute atomic E-state index is 0.251. The van der Waals surface area contributed by atoms with Gasteiger partial charge in [-0.15, -0.1) is 11.6 Å². The smallest absolute Gasteiger partial charge is 0.251 e. The van der Waals surface area contributed by atoms with Crippen LogP contribution in [-0.2, 0) is 6.54 Å². The van der Waals surface area contributed by atoms with Gasteiger partial charge in [0.1, 0.15) is 11.6 Å². The van der Waals surface area contributed by atoms with Crippen molar-refractivity contribution in [3.63, 3.8) is 0 Å². The van der Waals surface area contributed by atoms with Gasteiger partial charge in [0.15, 0.2) is 5.13 Å². The molecule has 1 aromatic carbocycles. The molecule has 0 atom stereocenters. The predicted molar refractivity (Wildman–Crippen MR) is 116 cm³/mol. The lowest BCUT2D eigenvalue weighted by Gasteiger charge is -2.09. The second-order valence-electron chi connectivity index (χ2n) is 5.86. The third-order valence-corrected chi connectivity index (χ3v) is 4.86. The molecule has 2 aromatic heterocycles. The number of carbonyl (C=O) groups excluding carboxylic acids is 1. The number of allylic oxidation sites excluding steroid dienone is 1. The molecule has 0 unspecified atom stereocenters. The summed E-state index contributed by atoms with van der Waals surface area (Å²) in [6.07, 6.45) is 6.90. The number of alkyl halides is 1. The highest BCUT2D eigenvalue weighted by Gasteiger charge is 2.10. The van der Waals surface area contributed by atoms with Gasteiger partial charge in [-0.1, -0.05) is 29.6 Å². The molecule has 0 saturated carbocycles. The average Bonchev–Trinajstić information content (AvgIpc) is 3.18. The van der Waals surface area contributed by atoms with E-state index in [9.17, 15) is 9.18 Å². The molecule has 0 aliphatic carbocycles. The number of carbonyl (C=O) groups is 1. The Morgan fingerprint density at radius 2 is 2.10 bits per heavy atom. The largest absolute Gasteiger partial charge is 0.378 e. The number of hydrogen-bond acceptors (Lipinski definition) is 6. The zero-order valence-electron chi connectivity index (χ0n) is 15.4. The fraction of sp³-hybridized carbons (Fsp3) is 0.150. The van der Waals surface area contributed by atoms with Gasteiger partial charge in [0.2, 0.25) is 0 Å². The topological polar surface area (TPSA) is 78.9 Å². The van der Waals surface area contributed by atoms with Crippen LogP contribution in [0.25, 0.3) is 0 Å². The Balaban J connectivity index is 1.59. The summed E-state index contributed by atoms with van der Waals surface area (Å²) in [5.74, 6) is 0.371. The number of anilines is 3. The van der Waals surface area contributed by atoms with Crippen molar-refractivity contribution >= 4 is 45.5 Å². The molecule has 0 bridgehead atoms. The summed E-state index contributed by atoms with van der Waals surface area (Å²) in [6, 6.07) is 9.77. The van der Waals surface area contributed by atoms with Crippen molar-refractivity contribution in [1.82, 2.24) is 15.3 Å². The van der Waals surface area contributed by atoms with Crippen LogP contribution in [-0.4, -0.2) is 28.3 Å². The summed E-state index contributed by atoms with van der Waals surface area (Å²) in [5.41, 5.74) is 0.622. The molecule has 150 valence electrons. The summed E-state index contributed by atoms with van der Waals surface area (Å²) in [6.45, 7) is 0.737. The monoisotopic (exact) mass is 431 g/mol. The molecule has 6 nitrogen and oxygen atoms in total. The van der Waals surface area contributed by atoms with E-state index >= 15 is 0 Å². The maximum absolute atomic E-state index is 14.1. The minimum Gasteiger partial charge on any atom is -0.378 e. The number of halogens is 2. The molecule has 3 N–H and O–H groups in total. The zero-order valence-corrected chi connectivity index (χ0v) is 16.9. The van der Waals surface area contributed by atoms with E-state index in [1.807, 2.05) is 18.2 Å². The van der Waals surface area contributed by atoms with Gasteiger partial charge in [-0.05, 0) is 30.3 Å². The first-order chi connectivity index (χ1) is 14.2. The van der Waals surface area contributed by atoms with E-state index in [0.29, 0.717) is 35.5 Å². The number of rotatable bonds is 9. The number of aromatic nitrogens is 2. The molecule has 0 aliphatic rings. The first-order valence-electron chi connectivity index (χ1n) is 8.81. The van der Waals surface area contributed by atoms with Gasteiger partial charge >= 0.3 is 0 Å². The van der Waals surface area contributed by atoms with E-state index < -0.39 is 5.82 Å². The molecule has 29 heavy (non-hydrogen) atoms. The molecule has 0 saturated heterocycles. The Bertz CT molecular complexity index is 980. The molecule has 0 aliphatic heterocycles. The number of nitrogens with zero attached hydrogens (tertiary/aromatic N) is 2. The van der Waals surface area contributed by atoms with Crippen molar-refractivity contribution < 1.29 is 9.18 Å². The summed E-state index contributed by atoms with van der Waals surface area (Å²) in [4.78, 5) is 21.6. The van der Waals surface area contributed by atoms with Gasteiger partial charge in [-0.25, -0.2) is 14.4 Å². The third kappa shape index (κ3) is 6.27. The molecule has 3 rings (SSSR count). The van der Waals surface area contributed by atoms with Crippen LogP contribution >= 0.6 is 22.9 Å². The predicted octanol–water partition coefficient (Wildman–Crippen LogP) is 4.56.